The molecule has 5 nitrogen and oxygen atoms in total. The number of nitrogens with one attached hydrogen (secondary N) is 1. The molecule has 0 aliphatic heterocycles. The second kappa shape index (κ2) is 6.15. The Hall–Kier alpha value is -2.14. The molecule has 0 aliphatic rings. The lowest BCUT2D eigenvalue weighted by Gasteiger charge is -2.07. The zero-order valence-corrected chi connectivity index (χ0v) is 10.8. The third kappa shape index (κ3) is 3.20. The predicted octanol–water partition coefficient (Wildman–Crippen LogP) is 1.58. The van der Waals surface area contributed by atoms with Gasteiger partial charge in [-0.05, 0) is 18.6 Å². The van der Waals surface area contributed by atoms with Gasteiger partial charge in [-0.2, -0.15) is 0 Å². The Bertz CT molecular complexity index is 584. The molecule has 0 radical (unpaired) electrons. The summed E-state index contributed by atoms with van der Waals surface area (Å²) in [5.41, 5.74) is 7.56. The number of nitrogens with zero attached hydrogens (tertiary/aromatic N) is 1. The van der Waals surface area contributed by atoms with E-state index in [9.17, 15) is 4.79 Å². The molecule has 100 valence electrons. The van der Waals surface area contributed by atoms with Crippen molar-refractivity contribution in [3.8, 4) is 0 Å². The lowest BCUT2D eigenvalue weighted by Crippen LogP contribution is -2.26. The predicted molar refractivity (Wildman–Crippen MR) is 75.0 cm³/mol. The Labute approximate surface area is 111 Å². The van der Waals surface area contributed by atoms with Crippen LogP contribution in [0.3, 0.4) is 0 Å². The fourth-order valence-electron chi connectivity index (χ4n) is 1.83. The maximum absolute atomic E-state index is 11.9. The molecule has 2 aromatic rings. The minimum absolute atomic E-state index is 0.214. The number of ether oxygens (including phenoxy) is 1. The van der Waals surface area contributed by atoms with Crippen LogP contribution >= 0.6 is 0 Å². The highest BCUT2D eigenvalue weighted by Gasteiger charge is 2.09. The maximum Gasteiger partial charge on any atom is 0.269 e. The molecule has 0 saturated heterocycles. The van der Waals surface area contributed by atoms with Crippen LogP contribution in [0.4, 0.5) is 5.69 Å². The number of anilines is 1. The Balaban J connectivity index is 2.14. The molecule has 0 atom stereocenters. The van der Waals surface area contributed by atoms with Crippen LogP contribution in [0.5, 0.6) is 0 Å². The van der Waals surface area contributed by atoms with Crippen LogP contribution in [0.15, 0.2) is 30.3 Å². The van der Waals surface area contributed by atoms with E-state index in [-0.39, 0.29) is 5.91 Å². The summed E-state index contributed by atoms with van der Waals surface area (Å²) in [6.07, 6.45) is 0.769. The number of hydrogen-bond donors (Lipinski definition) is 2. The van der Waals surface area contributed by atoms with E-state index in [1.54, 1.807) is 13.2 Å². The topological polar surface area (TPSA) is 77.2 Å². The monoisotopic (exact) mass is 259 g/mol. The molecule has 2 rings (SSSR count). The van der Waals surface area contributed by atoms with Crippen molar-refractivity contribution in [3.63, 3.8) is 0 Å². The van der Waals surface area contributed by atoms with E-state index in [1.165, 1.54) is 0 Å². The molecule has 1 heterocycles. The molecular weight excluding hydrogens is 242 g/mol. The summed E-state index contributed by atoms with van der Waals surface area (Å²) in [6.45, 7) is 1.18. The van der Waals surface area contributed by atoms with Gasteiger partial charge in [-0.3, -0.25) is 4.79 Å². The fourth-order valence-corrected chi connectivity index (χ4v) is 1.83. The minimum atomic E-state index is -0.214. The van der Waals surface area contributed by atoms with E-state index in [4.69, 9.17) is 10.5 Å². The maximum atomic E-state index is 11.9. The molecule has 0 spiro atoms. The van der Waals surface area contributed by atoms with E-state index >= 15 is 0 Å². The second-order valence-corrected chi connectivity index (χ2v) is 4.22. The van der Waals surface area contributed by atoms with Crippen molar-refractivity contribution < 1.29 is 9.53 Å². The zero-order chi connectivity index (χ0) is 13.7. The molecule has 1 aromatic heterocycles. The number of fused-ring (bicyclic) bond motifs is 1. The Kier molecular flexibility index (Phi) is 4.30. The van der Waals surface area contributed by atoms with Gasteiger partial charge in [0.15, 0.2) is 0 Å². The first kappa shape index (κ1) is 13.3. The van der Waals surface area contributed by atoms with Crippen molar-refractivity contribution in [2.24, 2.45) is 0 Å². The second-order valence-electron chi connectivity index (χ2n) is 4.22. The van der Waals surface area contributed by atoms with Crippen molar-refractivity contribution in [2.75, 3.05) is 26.0 Å². The molecule has 3 N–H and O–H groups in total. The third-order valence-electron chi connectivity index (χ3n) is 2.79. The average Bonchev–Trinajstić information content (AvgIpc) is 2.43. The number of aromatic nitrogens is 1. The van der Waals surface area contributed by atoms with Gasteiger partial charge in [-0.25, -0.2) is 4.98 Å². The van der Waals surface area contributed by atoms with Gasteiger partial charge in [0.1, 0.15) is 5.69 Å². The van der Waals surface area contributed by atoms with Crippen molar-refractivity contribution in [3.05, 3.63) is 36.0 Å². The number of pyridine rings is 1. The van der Waals surface area contributed by atoms with E-state index in [1.807, 2.05) is 24.3 Å². The standard InChI is InChI=1S/C14H17N3O2/c1-19-8-4-7-16-14(18)13-9-11(15)10-5-2-3-6-12(10)17-13/h2-3,5-6,9H,4,7-8H2,1H3,(H2,15,17)(H,16,18). The number of rotatable bonds is 5. The first-order valence-corrected chi connectivity index (χ1v) is 6.15. The van der Waals surface area contributed by atoms with Gasteiger partial charge in [0, 0.05) is 31.3 Å². The number of methoxy groups -OCH3 is 1. The van der Waals surface area contributed by atoms with Crippen molar-refractivity contribution in [2.45, 2.75) is 6.42 Å². The molecular formula is C14H17N3O2. The van der Waals surface area contributed by atoms with E-state index < -0.39 is 0 Å². The van der Waals surface area contributed by atoms with E-state index in [0.717, 1.165) is 17.3 Å². The Morgan fingerprint density at radius 1 is 1.42 bits per heavy atom. The fraction of sp³-hybridized carbons (Fsp3) is 0.286. The van der Waals surface area contributed by atoms with Crippen LogP contribution in [-0.4, -0.2) is 31.2 Å². The highest BCUT2D eigenvalue weighted by atomic mass is 16.5. The van der Waals surface area contributed by atoms with Crippen molar-refractivity contribution >= 4 is 22.5 Å². The van der Waals surface area contributed by atoms with Gasteiger partial charge in [-0.15, -0.1) is 0 Å². The zero-order valence-electron chi connectivity index (χ0n) is 10.8. The number of carbonyl (C=O) groups excluding carboxylic acids is 1. The summed E-state index contributed by atoms with van der Waals surface area (Å²) in [6, 6.07) is 9.10. The summed E-state index contributed by atoms with van der Waals surface area (Å²) in [5.74, 6) is -0.214. The third-order valence-corrected chi connectivity index (χ3v) is 2.79. The van der Waals surface area contributed by atoms with E-state index in [0.29, 0.717) is 24.5 Å². The number of carbonyl (C=O) groups is 1. The smallest absolute Gasteiger partial charge is 0.269 e. The number of benzene rings is 1. The Morgan fingerprint density at radius 3 is 3.00 bits per heavy atom. The van der Waals surface area contributed by atoms with Crippen LogP contribution in [0.1, 0.15) is 16.9 Å². The van der Waals surface area contributed by atoms with Crippen LogP contribution in [-0.2, 0) is 4.74 Å². The van der Waals surface area contributed by atoms with Gasteiger partial charge < -0.3 is 15.8 Å². The molecule has 1 aromatic carbocycles. The van der Waals surface area contributed by atoms with Crippen LogP contribution in [0.2, 0.25) is 0 Å². The number of nitrogens with two attached hydrogens (primary N) is 1. The van der Waals surface area contributed by atoms with Crippen LogP contribution in [0, 0.1) is 0 Å². The minimum Gasteiger partial charge on any atom is -0.398 e. The normalized spacial score (nSPS) is 10.6. The highest BCUT2D eigenvalue weighted by molar-refractivity contribution is 5.99. The molecule has 0 fully saturated rings. The molecule has 19 heavy (non-hydrogen) atoms. The number of para-hydroxylation sites is 1. The lowest BCUT2D eigenvalue weighted by molar-refractivity contribution is 0.0944. The van der Waals surface area contributed by atoms with Gasteiger partial charge in [0.25, 0.3) is 5.91 Å². The first-order chi connectivity index (χ1) is 9.22. The molecule has 0 saturated carbocycles. The van der Waals surface area contributed by atoms with Gasteiger partial charge >= 0.3 is 0 Å². The summed E-state index contributed by atoms with van der Waals surface area (Å²) < 4.78 is 4.92. The average molecular weight is 259 g/mol. The lowest BCUT2D eigenvalue weighted by atomic mass is 10.1. The molecule has 5 heteroatoms. The molecule has 0 aliphatic carbocycles. The largest absolute Gasteiger partial charge is 0.398 e. The summed E-state index contributed by atoms with van der Waals surface area (Å²) >= 11 is 0. The van der Waals surface area contributed by atoms with Gasteiger partial charge in [0.2, 0.25) is 0 Å². The van der Waals surface area contributed by atoms with E-state index in [2.05, 4.69) is 10.3 Å². The molecule has 0 unspecified atom stereocenters. The first-order valence-electron chi connectivity index (χ1n) is 6.15. The summed E-state index contributed by atoms with van der Waals surface area (Å²) in [4.78, 5) is 16.2. The van der Waals surface area contributed by atoms with Crippen molar-refractivity contribution in [1.82, 2.24) is 10.3 Å². The van der Waals surface area contributed by atoms with Crippen LogP contribution < -0.4 is 11.1 Å². The summed E-state index contributed by atoms with van der Waals surface area (Å²) in [5, 5.41) is 3.65. The van der Waals surface area contributed by atoms with Crippen LogP contribution in [0.25, 0.3) is 10.9 Å². The molecule has 1 amide bonds. The summed E-state index contributed by atoms with van der Waals surface area (Å²) in [7, 11) is 1.63. The van der Waals surface area contributed by atoms with Gasteiger partial charge in [0.05, 0.1) is 5.52 Å². The quantitative estimate of drug-likeness (QED) is 0.799. The Morgan fingerprint density at radius 2 is 2.21 bits per heavy atom. The van der Waals surface area contributed by atoms with Crippen molar-refractivity contribution in [1.29, 1.82) is 0 Å². The number of nitrogen functional groups attached to an aromatic ring is 1. The van der Waals surface area contributed by atoms with Gasteiger partial charge in [-0.1, -0.05) is 18.2 Å². The SMILES string of the molecule is COCCCNC(=O)c1cc(N)c2ccccc2n1. The number of hydrogen-bond acceptors (Lipinski definition) is 4. The highest BCUT2D eigenvalue weighted by Crippen LogP contribution is 2.19. The number of amides is 1. The molecule has 0 bridgehead atoms.